The topological polar surface area (TPSA) is 66.0 Å². The summed E-state index contributed by atoms with van der Waals surface area (Å²) in [6.07, 6.45) is 1.86. The van der Waals surface area contributed by atoms with Crippen molar-refractivity contribution in [1.82, 2.24) is 5.32 Å². The van der Waals surface area contributed by atoms with Gasteiger partial charge in [0, 0.05) is 12.1 Å². The quantitative estimate of drug-likeness (QED) is 0.922. The van der Waals surface area contributed by atoms with Gasteiger partial charge in [-0.05, 0) is 36.3 Å². The number of furan rings is 1. The van der Waals surface area contributed by atoms with Gasteiger partial charge in [-0.25, -0.2) is 0 Å². The number of nitrogens with one attached hydrogen (secondary N) is 1. The Balaban J connectivity index is 1.94. The smallest absolute Gasteiger partial charge is 0.262 e. The number of hydrogen-bond donors (Lipinski definition) is 1. The number of benzene rings is 1. The third kappa shape index (κ3) is 2.57. The number of nitrogens with zero attached hydrogens (tertiary/aromatic N) is 1. The third-order valence-electron chi connectivity index (χ3n) is 3.64. The van der Waals surface area contributed by atoms with Crippen molar-refractivity contribution in [1.29, 1.82) is 5.26 Å². The van der Waals surface area contributed by atoms with Crippen LogP contribution in [0.2, 0.25) is 0 Å². The molecule has 2 aromatic rings. The highest BCUT2D eigenvalue weighted by Gasteiger charge is 2.21. The van der Waals surface area contributed by atoms with E-state index in [0.717, 1.165) is 16.9 Å². The molecule has 22 heavy (non-hydrogen) atoms. The van der Waals surface area contributed by atoms with Gasteiger partial charge in [0.05, 0.1) is 0 Å². The standard InChI is InChI=1S/C18H14N2O2/c1-12-14(11-20-18(21)16(12)10-19)9-15-7-8-17(22-15)13-5-3-2-4-6-13/h2-9H,11H2,1H3,(H,20,21)/b14-9+. The van der Waals surface area contributed by atoms with Crippen molar-refractivity contribution in [3.05, 3.63) is 64.9 Å². The maximum atomic E-state index is 11.6. The van der Waals surface area contributed by atoms with Crippen LogP contribution in [0, 0.1) is 11.3 Å². The molecule has 1 aliphatic heterocycles. The van der Waals surface area contributed by atoms with Crippen LogP contribution in [0.15, 0.2) is 63.6 Å². The summed E-state index contributed by atoms with van der Waals surface area (Å²) in [5, 5.41) is 11.7. The van der Waals surface area contributed by atoms with E-state index >= 15 is 0 Å². The first kappa shape index (κ1) is 13.9. The molecule has 2 heterocycles. The van der Waals surface area contributed by atoms with E-state index < -0.39 is 0 Å². The first-order valence-corrected chi connectivity index (χ1v) is 6.94. The number of carbonyl (C=O) groups excluding carboxylic acids is 1. The second kappa shape index (κ2) is 5.74. The van der Waals surface area contributed by atoms with Crippen molar-refractivity contribution in [2.75, 3.05) is 6.54 Å². The summed E-state index contributed by atoms with van der Waals surface area (Å²) in [5.41, 5.74) is 2.75. The van der Waals surface area contributed by atoms with Crippen molar-refractivity contribution in [2.45, 2.75) is 6.92 Å². The number of amides is 1. The predicted molar refractivity (Wildman–Crippen MR) is 83.4 cm³/mol. The minimum absolute atomic E-state index is 0.160. The second-order valence-electron chi connectivity index (χ2n) is 5.03. The molecule has 1 N–H and O–H groups in total. The van der Waals surface area contributed by atoms with E-state index in [2.05, 4.69) is 5.32 Å². The summed E-state index contributed by atoms with van der Waals surface area (Å²) in [6.45, 7) is 2.18. The van der Waals surface area contributed by atoms with Gasteiger partial charge < -0.3 is 9.73 Å². The third-order valence-corrected chi connectivity index (χ3v) is 3.64. The average molecular weight is 290 g/mol. The molecule has 1 aliphatic rings. The van der Waals surface area contributed by atoms with Crippen LogP contribution >= 0.6 is 0 Å². The average Bonchev–Trinajstić information content (AvgIpc) is 3.00. The molecule has 0 unspecified atom stereocenters. The Bertz CT molecular complexity index is 820. The van der Waals surface area contributed by atoms with Crippen LogP contribution in [0.1, 0.15) is 12.7 Å². The first-order valence-electron chi connectivity index (χ1n) is 6.94. The van der Waals surface area contributed by atoms with Crippen molar-refractivity contribution in [3.8, 4) is 17.4 Å². The number of nitriles is 1. The molecule has 0 atom stereocenters. The molecule has 1 aromatic carbocycles. The fraction of sp³-hybridized carbons (Fsp3) is 0.111. The Hall–Kier alpha value is -3.06. The minimum Gasteiger partial charge on any atom is -0.457 e. The van der Waals surface area contributed by atoms with Gasteiger partial charge in [-0.15, -0.1) is 0 Å². The van der Waals surface area contributed by atoms with Gasteiger partial charge in [0.2, 0.25) is 0 Å². The zero-order valence-electron chi connectivity index (χ0n) is 12.1. The summed E-state index contributed by atoms with van der Waals surface area (Å²) in [4.78, 5) is 11.6. The first-order chi connectivity index (χ1) is 10.7. The van der Waals surface area contributed by atoms with Crippen LogP contribution in [-0.2, 0) is 4.79 Å². The predicted octanol–water partition coefficient (Wildman–Crippen LogP) is 3.30. The number of hydrogen-bond acceptors (Lipinski definition) is 3. The van der Waals surface area contributed by atoms with Gasteiger partial charge in [-0.3, -0.25) is 4.79 Å². The Morgan fingerprint density at radius 3 is 2.73 bits per heavy atom. The lowest BCUT2D eigenvalue weighted by molar-refractivity contribution is -0.117. The highest BCUT2D eigenvalue weighted by atomic mass is 16.3. The molecule has 1 amide bonds. The van der Waals surface area contributed by atoms with Gasteiger partial charge in [0.1, 0.15) is 23.2 Å². The molecular weight excluding hydrogens is 276 g/mol. The summed E-state index contributed by atoms with van der Waals surface area (Å²) in [6, 6.07) is 15.6. The van der Waals surface area contributed by atoms with Crippen LogP contribution < -0.4 is 5.32 Å². The Morgan fingerprint density at radius 1 is 1.23 bits per heavy atom. The molecule has 0 saturated carbocycles. The SMILES string of the molecule is CC1=C(C#N)C(=O)NC/C1=C\c1ccc(-c2ccccc2)o1. The highest BCUT2D eigenvalue weighted by molar-refractivity contribution is 6.00. The zero-order valence-corrected chi connectivity index (χ0v) is 12.1. The van der Waals surface area contributed by atoms with Gasteiger partial charge >= 0.3 is 0 Å². The minimum atomic E-state index is -0.318. The van der Waals surface area contributed by atoms with Crippen molar-refractivity contribution < 1.29 is 9.21 Å². The van der Waals surface area contributed by atoms with E-state index in [4.69, 9.17) is 9.68 Å². The summed E-state index contributed by atoms with van der Waals surface area (Å²) < 4.78 is 5.82. The fourth-order valence-electron chi connectivity index (χ4n) is 2.38. The van der Waals surface area contributed by atoms with Gasteiger partial charge in [0.15, 0.2) is 0 Å². The lowest BCUT2D eigenvalue weighted by Gasteiger charge is -2.16. The molecule has 4 heteroatoms. The van der Waals surface area contributed by atoms with Crippen LogP contribution in [0.5, 0.6) is 0 Å². The van der Waals surface area contributed by atoms with E-state index in [1.165, 1.54) is 0 Å². The normalized spacial score (nSPS) is 16.5. The molecule has 0 spiro atoms. The van der Waals surface area contributed by atoms with Crippen molar-refractivity contribution in [3.63, 3.8) is 0 Å². The maximum absolute atomic E-state index is 11.6. The molecular formula is C18H14N2O2. The fourth-order valence-corrected chi connectivity index (χ4v) is 2.38. The van der Waals surface area contributed by atoms with Gasteiger partial charge in [-0.2, -0.15) is 5.26 Å². The highest BCUT2D eigenvalue weighted by Crippen LogP contribution is 2.25. The van der Waals surface area contributed by atoms with Crippen LogP contribution in [0.25, 0.3) is 17.4 Å². The monoisotopic (exact) mass is 290 g/mol. The molecule has 4 nitrogen and oxygen atoms in total. The molecule has 108 valence electrons. The summed E-state index contributed by atoms with van der Waals surface area (Å²) in [7, 11) is 0. The van der Waals surface area contributed by atoms with Crippen LogP contribution in [0.4, 0.5) is 0 Å². The summed E-state index contributed by atoms with van der Waals surface area (Å²) >= 11 is 0. The van der Waals surface area contributed by atoms with Crippen molar-refractivity contribution >= 4 is 12.0 Å². The van der Waals surface area contributed by atoms with E-state index in [0.29, 0.717) is 17.9 Å². The van der Waals surface area contributed by atoms with Gasteiger partial charge in [-0.1, -0.05) is 30.3 Å². The van der Waals surface area contributed by atoms with Crippen LogP contribution in [-0.4, -0.2) is 12.5 Å². The van der Waals surface area contributed by atoms with Crippen LogP contribution in [0.3, 0.4) is 0 Å². The van der Waals surface area contributed by atoms with Crippen molar-refractivity contribution in [2.24, 2.45) is 0 Å². The molecule has 0 fully saturated rings. The maximum Gasteiger partial charge on any atom is 0.262 e. The second-order valence-corrected chi connectivity index (χ2v) is 5.03. The molecule has 0 aliphatic carbocycles. The van der Waals surface area contributed by atoms with Gasteiger partial charge in [0.25, 0.3) is 5.91 Å². The largest absolute Gasteiger partial charge is 0.457 e. The molecule has 0 bridgehead atoms. The molecule has 3 rings (SSSR count). The number of rotatable bonds is 2. The van der Waals surface area contributed by atoms with E-state index in [1.807, 2.05) is 54.6 Å². The Morgan fingerprint density at radius 2 is 2.00 bits per heavy atom. The lowest BCUT2D eigenvalue weighted by Crippen LogP contribution is -2.32. The molecule has 0 radical (unpaired) electrons. The molecule has 1 aromatic heterocycles. The lowest BCUT2D eigenvalue weighted by atomic mass is 9.97. The Labute approximate surface area is 128 Å². The van der Waals surface area contributed by atoms with E-state index in [-0.39, 0.29) is 11.5 Å². The van der Waals surface area contributed by atoms with E-state index in [1.54, 1.807) is 6.92 Å². The Kier molecular flexibility index (Phi) is 3.63. The van der Waals surface area contributed by atoms with E-state index in [9.17, 15) is 4.79 Å². The molecule has 0 saturated heterocycles. The number of carbonyl (C=O) groups is 1. The summed E-state index contributed by atoms with van der Waals surface area (Å²) in [5.74, 6) is 1.16. The zero-order chi connectivity index (χ0) is 15.5.